The molecule has 1 aromatic heterocycles. The van der Waals surface area contributed by atoms with E-state index in [1.807, 2.05) is 24.3 Å². The minimum Gasteiger partial charge on any atom is -0.491 e. The fourth-order valence-corrected chi connectivity index (χ4v) is 2.50. The minimum absolute atomic E-state index is 0.0557. The van der Waals surface area contributed by atoms with E-state index in [-0.39, 0.29) is 11.8 Å². The maximum absolute atomic E-state index is 14.1. The highest BCUT2D eigenvalue weighted by molar-refractivity contribution is 5.63. The van der Waals surface area contributed by atoms with Crippen molar-refractivity contribution in [3.63, 3.8) is 0 Å². The second-order valence-electron chi connectivity index (χ2n) is 6.25. The SMILES string of the molecule is CCCOCCOc1ccc(Nc2ncc(F)c(Nc3cccc(N)c3)n2)cc1. The fraction of sp³-hybridized carbons (Fsp3) is 0.238. The molecule has 0 aliphatic carbocycles. The van der Waals surface area contributed by atoms with Crippen LogP contribution in [0.15, 0.2) is 54.7 Å². The van der Waals surface area contributed by atoms with Crippen molar-refractivity contribution in [2.24, 2.45) is 0 Å². The highest BCUT2D eigenvalue weighted by Gasteiger charge is 2.08. The van der Waals surface area contributed by atoms with Gasteiger partial charge in [-0.05, 0) is 48.9 Å². The van der Waals surface area contributed by atoms with Crippen LogP contribution in [0.25, 0.3) is 0 Å². The first-order valence-electron chi connectivity index (χ1n) is 9.37. The largest absolute Gasteiger partial charge is 0.491 e. The van der Waals surface area contributed by atoms with Gasteiger partial charge in [-0.15, -0.1) is 0 Å². The standard InChI is InChI=1S/C21H24FN5O2/c1-2-10-28-11-12-29-18-8-6-16(7-9-18)26-21-24-14-19(22)20(27-21)25-17-5-3-4-15(23)13-17/h3-9,13-14H,2,10-12,23H2,1H3,(H2,24,25,26,27). The Morgan fingerprint density at radius 2 is 1.83 bits per heavy atom. The number of benzene rings is 2. The van der Waals surface area contributed by atoms with Crippen LogP contribution < -0.4 is 21.1 Å². The maximum atomic E-state index is 14.1. The quantitative estimate of drug-likeness (QED) is 0.343. The summed E-state index contributed by atoms with van der Waals surface area (Å²) in [6.07, 6.45) is 2.10. The molecule has 152 valence electrons. The molecule has 0 aliphatic rings. The number of nitrogen functional groups attached to an aromatic ring is 1. The van der Waals surface area contributed by atoms with Crippen LogP contribution >= 0.6 is 0 Å². The van der Waals surface area contributed by atoms with E-state index in [4.69, 9.17) is 15.2 Å². The highest BCUT2D eigenvalue weighted by Crippen LogP contribution is 2.22. The zero-order chi connectivity index (χ0) is 20.5. The second kappa shape index (κ2) is 10.2. The van der Waals surface area contributed by atoms with Crippen molar-refractivity contribution >= 4 is 28.8 Å². The molecule has 1 heterocycles. The molecule has 3 aromatic rings. The summed E-state index contributed by atoms with van der Waals surface area (Å²) in [5.74, 6) is 0.492. The molecule has 2 aromatic carbocycles. The molecule has 4 N–H and O–H groups in total. The molecule has 0 amide bonds. The second-order valence-corrected chi connectivity index (χ2v) is 6.25. The molecule has 3 rings (SSSR count). The van der Waals surface area contributed by atoms with E-state index in [0.29, 0.717) is 24.6 Å². The van der Waals surface area contributed by atoms with E-state index < -0.39 is 5.82 Å². The van der Waals surface area contributed by atoms with Gasteiger partial charge in [-0.25, -0.2) is 9.37 Å². The van der Waals surface area contributed by atoms with Crippen LogP contribution in [0.2, 0.25) is 0 Å². The number of aromatic nitrogens is 2. The Morgan fingerprint density at radius 1 is 1.00 bits per heavy atom. The maximum Gasteiger partial charge on any atom is 0.229 e. The molecule has 0 bridgehead atoms. The topological polar surface area (TPSA) is 94.3 Å². The number of nitrogens with two attached hydrogens (primary N) is 1. The van der Waals surface area contributed by atoms with Crippen LogP contribution in [0.5, 0.6) is 5.75 Å². The first-order valence-corrected chi connectivity index (χ1v) is 9.37. The molecule has 0 spiro atoms. The summed E-state index contributed by atoms with van der Waals surface area (Å²) < 4.78 is 25.1. The molecule has 0 fully saturated rings. The first kappa shape index (κ1) is 20.3. The Hall–Kier alpha value is -3.39. The Bertz CT molecular complexity index is 921. The Morgan fingerprint density at radius 3 is 2.59 bits per heavy atom. The van der Waals surface area contributed by atoms with Gasteiger partial charge in [-0.3, -0.25) is 0 Å². The molecular weight excluding hydrogens is 373 g/mol. The van der Waals surface area contributed by atoms with Crippen LogP contribution in [0, 0.1) is 5.82 Å². The van der Waals surface area contributed by atoms with Crippen LogP contribution in [0.1, 0.15) is 13.3 Å². The first-order chi connectivity index (χ1) is 14.1. The molecule has 29 heavy (non-hydrogen) atoms. The summed E-state index contributed by atoms with van der Waals surface area (Å²) in [5.41, 5.74) is 7.71. The summed E-state index contributed by atoms with van der Waals surface area (Å²) in [7, 11) is 0. The lowest BCUT2D eigenvalue weighted by molar-refractivity contribution is 0.101. The number of hydrogen-bond donors (Lipinski definition) is 3. The van der Waals surface area contributed by atoms with Crippen molar-refractivity contribution in [1.82, 2.24) is 9.97 Å². The van der Waals surface area contributed by atoms with E-state index in [0.717, 1.165) is 30.7 Å². The molecule has 0 radical (unpaired) electrons. The lowest BCUT2D eigenvalue weighted by atomic mass is 10.3. The van der Waals surface area contributed by atoms with Gasteiger partial charge < -0.3 is 25.8 Å². The third kappa shape index (κ3) is 6.32. The third-order valence-electron chi connectivity index (χ3n) is 3.85. The molecule has 0 unspecified atom stereocenters. The molecule has 0 aliphatic heterocycles. The summed E-state index contributed by atoms with van der Waals surface area (Å²) in [6, 6.07) is 14.3. The lowest BCUT2D eigenvalue weighted by Crippen LogP contribution is -2.07. The summed E-state index contributed by atoms with van der Waals surface area (Å²) in [4.78, 5) is 8.18. The van der Waals surface area contributed by atoms with Crippen LogP contribution in [-0.2, 0) is 4.74 Å². The molecule has 0 atom stereocenters. The van der Waals surface area contributed by atoms with E-state index in [2.05, 4.69) is 27.5 Å². The zero-order valence-electron chi connectivity index (χ0n) is 16.2. The van der Waals surface area contributed by atoms with Crippen LogP contribution in [0.3, 0.4) is 0 Å². The van der Waals surface area contributed by atoms with Crippen LogP contribution in [-0.4, -0.2) is 29.8 Å². The van der Waals surface area contributed by atoms with E-state index in [1.54, 1.807) is 24.3 Å². The van der Waals surface area contributed by atoms with Crippen molar-refractivity contribution in [1.29, 1.82) is 0 Å². The van der Waals surface area contributed by atoms with Crippen molar-refractivity contribution < 1.29 is 13.9 Å². The smallest absolute Gasteiger partial charge is 0.229 e. The van der Waals surface area contributed by atoms with Gasteiger partial charge in [0.05, 0.1) is 12.8 Å². The van der Waals surface area contributed by atoms with Gasteiger partial charge in [-0.2, -0.15) is 4.98 Å². The zero-order valence-corrected chi connectivity index (χ0v) is 16.2. The Labute approximate surface area is 169 Å². The molecule has 8 heteroatoms. The lowest BCUT2D eigenvalue weighted by Gasteiger charge is -2.11. The van der Waals surface area contributed by atoms with Gasteiger partial charge >= 0.3 is 0 Å². The predicted octanol–water partition coefficient (Wildman–Crippen LogP) is 4.49. The Balaban J connectivity index is 1.60. The third-order valence-corrected chi connectivity index (χ3v) is 3.85. The molecule has 7 nitrogen and oxygen atoms in total. The van der Waals surface area contributed by atoms with Crippen molar-refractivity contribution in [3.05, 3.63) is 60.5 Å². The van der Waals surface area contributed by atoms with Crippen molar-refractivity contribution in [2.45, 2.75) is 13.3 Å². The number of ether oxygens (including phenoxy) is 2. The van der Waals surface area contributed by atoms with Crippen LogP contribution in [0.4, 0.5) is 33.2 Å². The fourth-order valence-electron chi connectivity index (χ4n) is 2.50. The average Bonchev–Trinajstić information content (AvgIpc) is 2.72. The number of halogens is 1. The van der Waals surface area contributed by atoms with Gasteiger partial charge in [0.15, 0.2) is 11.6 Å². The van der Waals surface area contributed by atoms with Crippen molar-refractivity contribution in [2.75, 3.05) is 36.2 Å². The highest BCUT2D eigenvalue weighted by atomic mass is 19.1. The normalized spacial score (nSPS) is 10.6. The number of nitrogens with one attached hydrogen (secondary N) is 2. The average molecular weight is 397 g/mol. The molecular formula is C21H24FN5O2. The predicted molar refractivity (Wildman–Crippen MR) is 112 cm³/mol. The monoisotopic (exact) mass is 397 g/mol. The van der Waals surface area contributed by atoms with Gasteiger partial charge in [0.1, 0.15) is 12.4 Å². The van der Waals surface area contributed by atoms with Gasteiger partial charge in [0.2, 0.25) is 5.95 Å². The number of hydrogen-bond acceptors (Lipinski definition) is 7. The van der Waals surface area contributed by atoms with E-state index in [9.17, 15) is 4.39 Å². The molecule has 0 saturated heterocycles. The number of nitrogens with zero attached hydrogens (tertiary/aromatic N) is 2. The minimum atomic E-state index is -0.563. The van der Waals surface area contributed by atoms with Gasteiger partial charge in [0.25, 0.3) is 0 Å². The summed E-state index contributed by atoms with van der Waals surface area (Å²) in [6.45, 7) is 3.85. The van der Waals surface area contributed by atoms with E-state index in [1.165, 1.54) is 0 Å². The Kier molecular flexibility index (Phi) is 7.18. The summed E-state index contributed by atoms with van der Waals surface area (Å²) in [5, 5.41) is 5.95. The van der Waals surface area contributed by atoms with E-state index >= 15 is 0 Å². The molecule has 0 saturated carbocycles. The van der Waals surface area contributed by atoms with Gasteiger partial charge in [0, 0.05) is 23.7 Å². The number of rotatable bonds is 10. The van der Waals surface area contributed by atoms with Gasteiger partial charge in [-0.1, -0.05) is 13.0 Å². The number of anilines is 5. The van der Waals surface area contributed by atoms with Crippen molar-refractivity contribution in [3.8, 4) is 5.75 Å². The summed E-state index contributed by atoms with van der Waals surface area (Å²) >= 11 is 0.